The number of carbonyl (C=O) groups excluding carboxylic acids is 1. The van der Waals surface area contributed by atoms with Crippen LogP contribution >= 0.6 is 0 Å². The summed E-state index contributed by atoms with van der Waals surface area (Å²) in [5.74, 6) is 0.919. The van der Waals surface area contributed by atoms with E-state index in [2.05, 4.69) is 10.0 Å². The lowest BCUT2D eigenvalue weighted by Crippen LogP contribution is -2.36. The van der Waals surface area contributed by atoms with E-state index in [4.69, 9.17) is 9.47 Å². The Morgan fingerprint density at radius 2 is 1.59 bits per heavy atom. The zero-order chi connectivity index (χ0) is 20.7. The lowest BCUT2D eigenvalue weighted by atomic mass is 9.96. The molecule has 2 aromatic rings. The summed E-state index contributed by atoms with van der Waals surface area (Å²) in [6.45, 7) is -0.157. The lowest BCUT2D eigenvalue weighted by Gasteiger charge is -2.22. The standard InChI is InChI=1S/C21H26N2O5S/c1-27-18-9-11-19(12-10-18)28-15-21(24)22-16-7-13-20(14-8-16)29(25,26)23-17-5-3-2-4-6-17/h7-14,17,23H,2-6,15H2,1H3,(H,22,24). The molecule has 0 spiro atoms. The average molecular weight is 419 g/mol. The molecule has 0 atom stereocenters. The summed E-state index contributed by atoms with van der Waals surface area (Å²) in [6.07, 6.45) is 5.02. The third-order valence-corrected chi connectivity index (χ3v) is 6.34. The molecule has 2 aromatic carbocycles. The Hall–Kier alpha value is -2.58. The highest BCUT2D eigenvalue weighted by Crippen LogP contribution is 2.21. The lowest BCUT2D eigenvalue weighted by molar-refractivity contribution is -0.118. The second-order valence-corrected chi connectivity index (χ2v) is 8.71. The van der Waals surface area contributed by atoms with Gasteiger partial charge < -0.3 is 14.8 Å². The first-order valence-electron chi connectivity index (χ1n) is 9.65. The number of methoxy groups -OCH3 is 1. The van der Waals surface area contributed by atoms with Crippen molar-refractivity contribution in [2.75, 3.05) is 19.0 Å². The largest absolute Gasteiger partial charge is 0.497 e. The van der Waals surface area contributed by atoms with Crippen LogP contribution in [0.3, 0.4) is 0 Å². The minimum atomic E-state index is -3.55. The van der Waals surface area contributed by atoms with Gasteiger partial charge in [0.1, 0.15) is 11.5 Å². The predicted molar refractivity (Wildman–Crippen MR) is 111 cm³/mol. The summed E-state index contributed by atoms with van der Waals surface area (Å²) >= 11 is 0. The Morgan fingerprint density at radius 3 is 2.21 bits per heavy atom. The maximum Gasteiger partial charge on any atom is 0.262 e. The van der Waals surface area contributed by atoms with Crippen LogP contribution in [0, 0.1) is 0 Å². The maximum atomic E-state index is 12.5. The molecule has 0 heterocycles. The molecule has 0 unspecified atom stereocenters. The third kappa shape index (κ3) is 6.20. The molecule has 7 nitrogen and oxygen atoms in total. The zero-order valence-electron chi connectivity index (χ0n) is 16.4. The van der Waals surface area contributed by atoms with Gasteiger partial charge in [0.15, 0.2) is 6.61 Å². The van der Waals surface area contributed by atoms with Crippen LogP contribution in [0.5, 0.6) is 11.5 Å². The number of amides is 1. The first kappa shape index (κ1) is 21.1. The number of benzene rings is 2. The number of nitrogens with one attached hydrogen (secondary N) is 2. The molecule has 1 amide bonds. The summed E-state index contributed by atoms with van der Waals surface area (Å²) in [5.41, 5.74) is 0.505. The molecule has 0 bridgehead atoms. The van der Waals surface area contributed by atoms with E-state index in [-0.39, 0.29) is 23.5 Å². The summed E-state index contributed by atoms with van der Waals surface area (Å²) in [7, 11) is -1.98. The van der Waals surface area contributed by atoms with Gasteiger partial charge in [-0.05, 0) is 61.4 Å². The van der Waals surface area contributed by atoms with Crippen LogP contribution in [0.4, 0.5) is 5.69 Å². The molecule has 0 radical (unpaired) electrons. The smallest absolute Gasteiger partial charge is 0.262 e. The fourth-order valence-corrected chi connectivity index (χ4v) is 4.55. The number of anilines is 1. The van der Waals surface area contributed by atoms with Crippen molar-refractivity contribution < 1.29 is 22.7 Å². The second kappa shape index (κ2) is 9.76. The van der Waals surface area contributed by atoms with Crippen molar-refractivity contribution in [2.45, 2.75) is 43.0 Å². The van der Waals surface area contributed by atoms with Gasteiger partial charge in [-0.3, -0.25) is 4.79 Å². The van der Waals surface area contributed by atoms with Crippen molar-refractivity contribution in [3.05, 3.63) is 48.5 Å². The van der Waals surface area contributed by atoms with Gasteiger partial charge >= 0.3 is 0 Å². The summed E-state index contributed by atoms with van der Waals surface area (Å²) < 4.78 is 38.3. The van der Waals surface area contributed by atoms with E-state index in [0.717, 1.165) is 32.1 Å². The molecule has 29 heavy (non-hydrogen) atoms. The molecule has 0 aliphatic heterocycles. The van der Waals surface area contributed by atoms with E-state index in [1.54, 1.807) is 43.5 Å². The molecule has 1 aliphatic carbocycles. The molecule has 1 aliphatic rings. The van der Waals surface area contributed by atoms with Gasteiger partial charge in [0, 0.05) is 11.7 Å². The Balaban J connectivity index is 1.51. The fraction of sp³-hybridized carbons (Fsp3) is 0.381. The van der Waals surface area contributed by atoms with Crippen molar-refractivity contribution >= 4 is 21.6 Å². The Bertz CT molecular complexity index is 905. The van der Waals surface area contributed by atoms with Crippen LogP contribution in [0.2, 0.25) is 0 Å². The van der Waals surface area contributed by atoms with Crippen molar-refractivity contribution in [1.29, 1.82) is 0 Å². The van der Waals surface area contributed by atoms with Crippen LogP contribution in [-0.2, 0) is 14.8 Å². The summed E-state index contributed by atoms with van der Waals surface area (Å²) in [4.78, 5) is 12.3. The molecule has 2 N–H and O–H groups in total. The van der Waals surface area contributed by atoms with Crippen LogP contribution < -0.4 is 19.5 Å². The van der Waals surface area contributed by atoms with E-state index in [9.17, 15) is 13.2 Å². The topological polar surface area (TPSA) is 93.7 Å². The molecule has 1 saturated carbocycles. The minimum Gasteiger partial charge on any atom is -0.497 e. The fourth-order valence-electron chi connectivity index (χ4n) is 3.24. The minimum absolute atomic E-state index is 0.00299. The van der Waals surface area contributed by atoms with Crippen LogP contribution in [0.15, 0.2) is 53.4 Å². The number of carbonyl (C=O) groups is 1. The van der Waals surface area contributed by atoms with Gasteiger partial charge in [-0.15, -0.1) is 0 Å². The Labute approximate surface area is 171 Å². The van der Waals surface area contributed by atoms with Crippen LogP contribution in [-0.4, -0.2) is 34.1 Å². The highest BCUT2D eigenvalue weighted by atomic mass is 32.2. The molecule has 0 aromatic heterocycles. The van der Waals surface area contributed by atoms with Gasteiger partial charge in [-0.2, -0.15) is 0 Å². The van der Waals surface area contributed by atoms with E-state index in [1.165, 1.54) is 12.1 Å². The van der Waals surface area contributed by atoms with Crippen molar-refractivity contribution in [2.24, 2.45) is 0 Å². The van der Waals surface area contributed by atoms with E-state index in [1.807, 2.05) is 0 Å². The third-order valence-electron chi connectivity index (χ3n) is 4.80. The van der Waals surface area contributed by atoms with Gasteiger partial charge in [-0.25, -0.2) is 13.1 Å². The SMILES string of the molecule is COc1ccc(OCC(=O)Nc2ccc(S(=O)(=O)NC3CCCCC3)cc2)cc1. The molecule has 0 saturated heterocycles. The second-order valence-electron chi connectivity index (χ2n) is 6.99. The van der Waals surface area contributed by atoms with Crippen molar-refractivity contribution in [3.8, 4) is 11.5 Å². The summed E-state index contributed by atoms with van der Waals surface area (Å²) in [6, 6.07) is 13.0. The molecular weight excluding hydrogens is 392 g/mol. The van der Waals surface area contributed by atoms with Gasteiger partial charge in [0.25, 0.3) is 5.91 Å². The molecule has 156 valence electrons. The number of rotatable bonds is 8. The van der Waals surface area contributed by atoms with E-state index < -0.39 is 10.0 Å². The number of ether oxygens (including phenoxy) is 2. The monoisotopic (exact) mass is 418 g/mol. The molecule has 1 fully saturated rings. The predicted octanol–water partition coefficient (Wildman–Crippen LogP) is 3.32. The number of sulfonamides is 1. The quantitative estimate of drug-likeness (QED) is 0.686. The van der Waals surface area contributed by atoms with Gasteiger partial charge in [0.2, 0.25) is 10.0 Å². The Morgan fingerprint density at radius 1 is 0.966 bits per heavy atom. The van der Waals surface area contributed by atoms with Crippen molar-refractivity contribution in [3.63, 3.8) is 0 Å². The van der Waals surface area contributed by atoms with Crippen LogP contribution in [0.25, 0.3) is 0 Å². The zero-order valence-corrected chi connectivity index (χ0v) is 17.2. The van der Waals surface area contributed by atoms with E-state index in [0.29, 0.717) is 17.2 Å². The average Bonchev–Trinajstić information content (AvgIpc) is 2.73. The Kier molecular flexibility index (Phi) is 7.11. The highest BCUT2D eigenvalue weighted by molar-refractivity contribution is 7.89. The molecule has 3 rings (SSSR count). The normalized spacial score (nSPS) is 14.9. The summed E-state index contributed by atoms with van der Waals surface area (Å²) in [5, 5.41) is 2.69. The first-order chi connectivity index (χ1) is 14.0. The highest BCUT2D eigenvalue weighted by Gasteiger charge is 2.21. The number of hydrogen-bond acceptors (Lipinski definition) is 5. The molecule has 8 heteroatoms. The van der Waals surface area contributed by atoms with Gasteiger partial charge in [0.05, 0.1) is 12.0 Å². The first-order valence-corrected chi connectivity index (χ1v) is 11.1. The number of hydrogen-bond donors (Lipinski definition) is 2. The van der Waals surface area contributed by atoms with Crippen LogP contribution in [0.1, 0.15) is 32.1 Å². The molecular formula is C21H26N2O5S. The maximum absolute atomic E-state index is 12.5. The van der Waals surface area contributed by atoms with E-state index >= 15 is 0 Å². The van der Waals surface area contributed by atoms with Crippen molar-refractivity contribution in [1.82, 2.24) is 4.72 Å². The van der Waals surface area contributed by atoms with Gasteiger partial charge in [-0.1, -0.05) is 19.3 Å².